The summed E-state index contributed by atoms with van der Waals surface area (Å²) in [7, 11) is 1.60. The van der Waals surface area contributed by atoms with Crippen molar-refractivity contribution in [3.8, 4) is 16.9 Å². The Balaban J connectivity index is 1.35. The number of hydrogen-bond acceptors (Lipinski definition) is 7. The zero-order chi connectivity index (χ0) is 23.7. The lowest BCUT2D eigenvalue weighted by Crippen LogP contribution is -2.25. The van der Waals surface area contributed by atoms with Crippen molar-refractivity contribution in [1.82, 2.24) is 19.9 Å². The molecule has 0 aliphatic carbocycles. The number of fused-ring (bicyclic) bond motifs is 1. The number of benzene rings is 1. The number of ether oxygens (including phenoxy) is 1. The predicted octanol–water partition coefficient (Wildman–Crippen LogP) is 4.33. The van der Waals surface area contributed by atoms with E-state index in [0.717, 1.165) is 27.4 Å². The average molecular weight is 472 g/mol. The third-order valence-corrected chi connectivity index (χ3v) is 6.55. The summed E-state index contributed by atoms with van der Waals surface area (Å²) in [6, 6.07) is 12.9. The van der Waals surface area contributed by atoms with Crippen LogP contribution >= 0.6 is 11.3 Å². The maximum absolute atomic E-state index is 13.2. The van der Waals surface area contributed by atoms with Gasteiger partial charge in [0.25, 0.3) is 11.8 Å². The largest absolute Gasteiger partial charge is 0.496 e. The van der Waals surface area contributed by atoms with E-state index in [1.54, 1.807) is 42.7 Å². The molecule has 0 saturated heterocycles. The SMILES string of the molecule is COc1ccccc1-c1cc(C)ncc1C(=O)Nc1nc2c(s1)CN(C(=O)c1cccnc1)C2. The fourth-order valence-corrected chi connectivity index (χ4v) is 4.89. The van der Waals surface area contributed by atoms with Gasteiger partial charge in [0.15, 0.2) is 5.13 Å². The molecule has 0 saturated carbocycles. The quantitative estimate of drug-likeness (QED) is 0.465. The molecule has 0 radical (unpaired) electrons. The zero-order valence-corrected chi connectivity index (χ0v) is 19.4. The summed E-state index contributed by atoms with van der Waals surface area (Å²) in [4.78, 5) is 41.5. The Bertz CT molecular complexity index is 1360. The second-order valence-corrected chi connectivity index (χ2v) is 8.90. The molecule has 3 aromatic heterocycles. The lowest BCUT2D eigenvalue weighted by Gasteiger charge is -2.15. The molecule has 0 atom stereocenters. The highest BCUT2D eigenvalue weighted by atomic mass is 32.1. The molecule has 2 amide bonds. The van der Waals surface area contributed by atoms with Crippen molar-refractivity contribution >= 4 is 28.3 Å². The van der Waals surface area contributed by atoms with Crippen molar-refractivity contribution in [3.05, 3.63) is 88.4 Å². The van der Waals surface area contributed by atoms with Gasteiger partial charge in [-0.25, -0.2) is 4.98 Å². The third kappa shape index (κ3) is 4.13. The Morgan fingerprint density at radius 2 is 1.94 bits per heavy atom. The highest BCUT2D eigenvalue weighted by molar-refractivity contribution is 7.16. The molecular weight excluding hydrogens is 450 g/mol. The topological polar surface area (TPSA) is 97.3 Å². The predicted molar refractivity (Wildman–Crippen MR) is 129 cm³/mol. The zero-order valence-electron chi connectivity index (χ0n) is 18.6. The maximum atomic E-state index is 13.2. The van der Waals surface area contributed by atoms with E-state index >= 15 is 0 Å². The van der Waals surface area contributed by atoms with Crippen molar-refractivity contribution in [1.29, 1.82) is 0 Å². The number of carbonyl (C=O) groups is 2. The number of thiazole rings is 1. The van der Waals surface area contributed by atoms with Crippen LogP contribution in [0.25, 0.3) is 11.1 Å². The smallest absolute Gasteiger partial charge is 0.259 e. The molecule has 34 heavy (non-hydrogen) atoms. The van der Waals surface area contributed by atoms with Gasteiger partial charge < -0.3 is 9.64 Å². The van der Waals surface area contributed by atoms with Gasteiger partial charge in [-0.15, -0.1) is 0 Å². The molecule has 0 fully saturated rings. The van der Waals surface area contributed by atoms with Crippen molar-refractivity contribution < 1.29 is 14.3 Å². The molecule has 9 heteroatoms. The minimum Gasteiger partial charge on any atom is -0.496 e. The number of pyridine rings is 2. The molecule has 1 aliphatic heterocycles. The van der Waals surface area contributed by atoms with Gasteiger partial charge in [-0.1, -0.05) is 29.5 Å². The Hall–Kier alpha value is -4.11. The number of nitrogens with one attached hydrogen (secondary N) is 1. The van der Waals surface area contributed by atoms with Crippen LogP contribution in [-0.4, -0.2) is 38.8 Å². The van der Waals surface area contributed by atoms with Crippen molar-refractivity contribution in [2.24, 2.45) is 0 Å². The number of amides is 2. The molecule has 1 aromatic carbocycles. The van der Waals surface area contributed by atoms with Crippen LogP contribution in [0.5, 0.6) is 5.75 Å². The molecule has 1 aliphatic rings. The van der Waals surface area contributed by atoms with Gasteiger partial charge in [0.05, 0.1) is 41.9 Å². The summed E-state index contributed by atoms with van der Waals surface area (Å²) >= 11 is 1.38. The average Bonchev–Trinajstić information content (AvgIpc) is 3.42. The van der Waals surface area contributed by atoms with Crippen molar-refractivity contribution in [2.45, 2.75) is 20.0 Å². The van der Waals surface area contributed by atoms with Gasteiger partial charge in [-0.3, -0.25) is 24.9 Å². The van der Waals surface area contributed by atoms with E-state index in [4.69, 9.17) is 4.74 Å². The number of methoxy groups -OCH3 is 1. The first kappa shape index (κ1) is 21.7. The number of aromatic nitrogens is 3. The Labute approximate surface area is 200 Å². The molecule has 1 N–H and O–H groups in total. The van der Waals surface area contributed by atoms with Gasteiger partial charge in [0.1, 0.15) is 5.75 Å². The number of rotatable bonds is 5. The van der Waals surface area contributed by atoms with E-state index < -0.39 is 0 Å². The van der Waals surface area contributed by atoms with Crippen molar-refractivity contribution in [2.75, 3.05) is 12.4 Å². The second-order valence-electron chi connectivity index (χ2n) is 7.82. The highest BCUT2D eigenvalue weighted by Crippen LogP contribution is 2.34. The third-order valence-electron chi connectivity index (χ3n) is 5.55. The van der Waals surface area contributed by atoms with Crippen molar-refractivity contribution in [3.63, 3.8) is 0 Å². The Morgan fingerprint density at radius 1 is 1.09 bits per heavy atom. The van der Waals surface area contributed by atoms with Crippen LogP contribution in [0, 0.1) is 6.92 Å². The van der Waals surface area contributed by atoms with Gasteiger partial charge in [0, 0.05) is 35.4 Å². The monoisotopic (exact) mass is 471 g/mol. The minimum atomic E-state index is -0.302. The molecule has 4 aromatic rings. The van der Waals surface area contributed by atoms with Crippen LogP contribution in [0.2, 0.25) is 0 Å². The van der Waals surface area contributed by atoms with Crippen LogP contribution in [0.3, 0.4) is 0 Å². The standard InChI is InChI=1S/C25H21N5O3S/c1-15-10-18(17-7-3-4-8-21(17)33-2)19(12-27-15)23(31)29-25-28-20-13-30(14-22(20)34-25)24(32)16-6-5-9-26-11-16/h3-12H,13-14H2,1-2H3,(H,28,29,31). The number of anilines is 1. The first-order valence-electron chi connectivity index (χ1n) is 10.6. The lowest BCUT2D eigenvalue weighted by atomic mass is 9.99. The number of aryl methyl sites for hydroxylation is 1. The van der Waals surface area contributed by atoms with E-state index in [1.807, 2.05) is 37.3 Å². The van der Waals surface area contributed by atoms with Gasteiger partial charge in [-0.2, -0.15) is 0 Å². The fourth-order valence-electron chi connectivity index (χ4n) is 3.90. The number of nitrogens with zero attached hydrogens (tertiary/aromatic N) is 4. The van der Waals surface area contributed by atoms with Crippen LogP contribution in [0.1, 0.15) is 37.0 Å². The molecule has 4 heterocycles. The number of carbonyl (C=O) groups excluding carboxylic acids is 2. The molecule has 0 unspecified atom stereocenters. The van der Waals surface area contributed by atoms with Gasteiger partial charge in [0.2, 0.25) is 0 Å². The summed E-state index contributed by atoms with van der Waals surface area (Å²) in [5.74, 6) is 0.286. The molecule has 0 spiro atoms. The van der Waals surface area contributed by atoms with E-state index in [0.29, 0.717) is 35.1 Å². The fraction of sp³-hybridized carbons (Fsp3) is 0.160. The molecular formula is C25H21N5O3S. The summed E-state index contributed by atoms with van der Waals surface area (Å²) in [5.41, 5.74) is 4.11. The highest BCUT2D eigenvalue weighted by Gasteiger charge is 2.28. The van der Waals surface area contributed by atoms with E-state index in [9.17, 15) is 9.59 Å². The number of hydrogen-bond donors (Lipinski definition) is 1. The number of para-hydroxylation sites is 1. The first-order chi connectivity index (χ1) is 16.5. The van der Waals surface area contributed by atoms with Gasteiger partial charge >= 0.3 is 0 Å². The maximum Gasteiger partial charge on any atom is 0.259 e. The van der Waals surface area contributed by atoms with E-state index in [1.165, 1.54) is 11.3 Å². The second kappa shape index (κ2) is 9.03. The van der Waals surface area contributed by atoms with Crippen LogP contribution in [0.15, 0.2) is 61.1 Å². The van der Waals surface area contributed by atoms with Crippen LogP contribution in [0.4, 0.5) is 5.13 Å². The summed E-state index contributed by atoms with van der Waals surface area (Å²) in [6.07, 6.45) is 4.77. The lowest BCUT2D eigenvalue weighted by molar-refractivity contribution is 0.0750. The normalized spacial score (nSPS) is 12.4. The summed E-state index contributed by atoms with van der Waals surface area (Å²) in [6.45, 7) is 2.73. The van der Waals surface area contributed by atoms with Crippen LogP contribution in [-0.2, 0) is 13.1 Å². The Morgan fingerprint density at radius 3 is 2.71 bits per heavy atom. The molecule has 0 bridgehead atoms. The Kier molecular flexibility index (Phi) is 5.77. The molecule has 8 nitrogen and oxygen atoms in total. The minimum absolute atomic E-state index is 0.0870. The van der Waals surface area contributed by atoms with E-state index in [2.05, 4.69) is 20.3 Å². The molecule has 5 rings (SSSR count). The van der Waals surface area contributed by atoms with E-state index in [-0.39, 0.29) is 11.8 Å². The van der Waals surface area contributed by atoms with Gasteiger partial charge in [-0.05, 0) is 31.2 Å². The summed E-state index contributed by atoms with van der Waals surface area (Å²) in [5, 5.41) is 3.40. The first-order valence-corrected chi connectivity index (χ1v) is 11.4. The molecule has 170 valence electrons. The van der Waals surface area contributed by atoms with Crippen LogP contribution < -0.4 is 10.1 Å². The summed E-state index contributed by atoms with van der Waals surface area (Å²) < 4.78 is 5.50.